The van der Waals surface area contributed by atoms with Crippen LogP contribution in [0, 0.1) is 0 Å². The van der Waals surface area contributed by atoms with E-state index in [0.717, 1.165) is 0 Å². The summed E-state index contributed by atoms with van der Waals surface area (Å²) in [7, 11) is 0. The maximum Gasteiger partial charge on any atom is 0.201 e. The van der Waals surface area contributed by atoms with Crippen molar-refractivity contribution in [1.29, 1.82) is 0 Å². The first-order valence-electron chi connectivity index (χ1n) is 8.27. The summed E-state index contributed by atoms with van der Waals surface area (Å²) in [4.78, 5) is 3.97. The Kier molecular flexibility index (Phi) is 4.70. The molecule has 142 valence electrons. The van der Waals surface area contributed by atoms with Crippen molar-refractivity contribution < 1.29 is 25.3 Å². The van der Waals surface area contributed by atoms with Gasteiger partial charge in [-0.1, -0.05) is 28.9 Å². The van der Waals surface area contributed by atoms with Crippen LogP contribution in [0.4, 0.5) is 0 Å². The van der Waals surface area contributed by atoms with Crippen molar-refractivity contribution in [2.45, 2.75) is 37.1 Å². The van der Waals surface area contributed by atoms with Gasteiger partial charge in [0.25, 0.3) is 0 Å². The van der Waals surface area contributed by atoms with E-state index >= 15 is 0 Å². The van der Waals surface area contributed by atoms with Crippen LogP contribution in [0.15, 0.2) is 40.6 Å². The molecule has 2 aromatic rings. The summed E-state index contributed by atoms with van der Waals surface area (Å²) in [6.07, 6.45) is -2.49. The zero-order valence-electron chi connectivity index (χ0n) is 13.9. The van der Waals surface area contributed by atoms with Gasteiger partial charge in [-0.15, -0.1) is 0 Å². The molecule has 0 saturated carbocycles. The minimum Gasteiger partial charge on any atom is -0.409 e. The predicted octanol–water partition coefficient (Wildman–Crippen LogP) is 0.652. The van der Waals surface area contributed by atoms with E-state index in [1.165, 1.54) is 10.9 Å². The molecule has 1 aromatic heterocycles. The fourth-order valence-corrected chi connectivity index (χ4v) is 3.49. The molecule has 0 unspecified atom stereocenters. The second kappa shape index (κ2) is 7.02. The first-order valence-corrected chi connectivity index (χ1v) is 8.65. The fraction of sp³-hybridized carbons (Fsp3) is 0.353. The van der Waals surface area contributed by atoms with Crippen LogP contribution < -0.4 is 0 Å². The number of aromatic nitrogens is 2. The number of hydrogen-bond donors (Lipinski definition) is 4. The Morgan fingerprint density at radius 1 is 1.22 bits per heavy atom. The number of halogens is 1. The Morgan fingerprint density at radius 2 is 1.96 bits per heavy atom. The van der Waals surface area contributed by atoms with Crippen molar-refractivity contribution in [2.24, 2.45) is 10.1 Å². The van der Waals surface area contributed by atoms with Gasteiger partial charge in [0.05, 0.1) is 17.5 Å². The Balaban J connectivity index is 1.62. The van der Waals surface area contributed by atoms with Gasteiger partial charge in [0.2, 0.25) is 5.84 Å². The number of rotatable bonds is 3. The monoisotopic (exact) mass is 392 g/mol. The van der Waals surface area contributed by atoms with E-state index in [1.807, 2.05) is 0 Å². The van der Waals surface area contributed by atoms with Crippen LogP contribution in [0.25, 0.3) is 0 Å². The normalized spacial score (nSPS) is 29.9. The topological polar surface area (TPSA) is 133 Å². The lowest BCUT2D eigenvalue weighted by Crippen LogP contribution is -2.35. The molecule has 3 heterocycles. The molecule has 27 heavy (non-hydrogen) atoms. The lowest BCUT2D eigenvalue weighted by Gasteiger charge is -2.21. The highest BCUT2D eigenvalue weighted by molar-refractivity contribution is 6.30. The third kappa shape index (κ3) is 3.03. The van der Waals surface area contributed by atoms with Gasteiger partial charge in [0.1, 0.15) is 24.4 Å². The Hall–Kier alpha value is -2.30. The molecule has 5 atom stereocenters. The fourth-order valence-electron chi connectivity index (χ4n) is 3.36. The minimum absolute atomic E-state index is 0.105. The number of fused-ring (bicyclic) bond motifs is 1. The number of hydrogen-bond acceptors (Lipinski definition) is 7. The quantitative estimate of drug-likeness (QED) is 0.448. The standard InChI is InChI=1S/C17H17ClN4O5/c18-9-3-1-8(2-4-9)12(23)15-13(24)14(25)17(27-15)22-11-5-6-19-16(21-26)10(11)7-20-22/h1-4,6-7,12-15,17,23-26H,5H2/b21-16+/t12-,13+,14-,15-,17-/m1/s1. The molecule has 0 bridgehead atoms. The first kappa shape index (κ1) is 18.1. The van der Waals surface area contributed by atoms with Crippen molar-refractivity contribution in [3.8, 4) is 0 Å². The average Bonchev–Trinajstić information content (AvgIpc) is 3.23. The van der Waals surface area contributed by atoms with E-state index in [1.54, 1.807) is 30.5 Å². The van der Waals surface area contributed by atoms with Gasteiger partial charge < -0.3 is 25.3 Å². The van der Waals surface area contributed by atoms with Gasteiger partial charge in [0.15, 0.2) is 6.23 Å². The van der Waals surface area contributed by atoms with Crippen LogP contribution >= 0.6 is 11.6 Å². The summed E-state index contributed by atoms with van der Waals surface area (Å²) in [6, 6.07) is 6.49. The van der Waals surface area contributed by atoms with E-state index in [4.69, 9.17) is 21.5 Å². The highest BCUT2D eigenvalue weighted by atomic mass is 35.5. The van der Waals surface area contributed by atoms with Gasteiger partial charge in [-0.25, -0.2) is 9.67 Å². The maximum atomic E-state index is 10.6. The third-order valence-corrected chi connectivity index (χ3v) is 5.02. The summed E-state index contributed by atoms with van der Waals surface area (Å²) in [5.74, 6) is 0.105. The summed E-state index contributed by atoms with van der Waals surface area (Å²) in [6.45, 7) is 0. The molecule has 4 N–H and O–H groups in total. The van der Waals surface area contributed by atoms with E-state index in [-0.39, 0.29) is 5.84 Å². The molecule has 0 aliphatic carbocycles. The van der Waals surface area contributed by atoms with Crippen molar-refractivity contribution >= 4 is 23.7 Å². The van der Waals surface area contributed by atoms with E-state index in [2.05, 4.69) is 15.2 Å². The minimum atomic E-state index is -1.33. The number of aliphatic imine (C=N–C) groups is 1. The molecule has 1 fully saturated rings. The largest absolute Gasteiger partial charge is 0.409 e. The third-order valence-electron chi connectivity index (χ3n) is 4.77. The second-order valence-electron chi connectivity index (χ2n) is 6.36. The van der Waals surface area contributed by atoms with Crippen LogP contribution in [0.1, 0.15) is 29.2 Å². The van der Waals surface area contributed by atoms with Crippen molar-refractivity contribution in [1.82, 2.24) is 9.78 Å². The number of benzene rings is 1. The summed E-state index contributed by atoms with van der Waals surface area (Å²) >= 11 is 5.86. The van der Waals surface area contributed by atoms with Gasteiger partial charge in [-0.05, 0) is 17.7 Å². The van der Waals surface area contributed by atoms with Gasteiger partial charge in [0, 0.05) is 17.7 Å². The van der Waals surface area contributed by atoms with Gasteiger partial charge >= 0.3 is 0 Å². The van der Waals surface area contributed by atoms with Crippen molar-refractivity contribution in [2.75, 3.05) is 0 Å². The highest BCUT2D eigenvalue weighted by Gasteiger charge is 2.48. The van der Waals surface area contributed by atoms with Crippen LogP contribution in [0.2, 0.25) is 5.02 Å². The lowest BCUT2D eigenvalue weighted by atomic mass is 9.99. The zero-order chi connectivity index (χ0) is 19.1. The summed E-state index contributed by atoms with van der Waals surface area (Å²) in [5, 5.41) is 48.4. The van der Waals surface area contributed by atoms with Crippen LogP contribution in [-0.2, 0) is 11.2 Å². The van der Waals surface area contributed by atoms with Crippen molar-refractivity contribution in [3.63, 3.8) is 0 Å². The van der Waals surface area contributed by atoms with Crippen LogP contribution in [0.3, 0.4) is 0 Å². The number of ether oxygens (including phenoxy) is 1. The average molecular weight is 393 g/mol. The smallest absolute Gasteiger partial charge is 0.201 e. The Bertz CT molecular complexity index is 897. The van der Waals surface area contributed by atoms with E-state index in [0.29, 0.717) is 28.3 Å². The Morgan fingerprint density at radius 3 is 2.67 bits per heavy atom. The molecule has 9 nitrogen and oxygen atoms in total. The summed E-state index contributed by atoms with van der Waals surface area (Å²) < 4.78 is 7.19. The number of amidine groups is 1. The lowest BCUT2D eigenvalue weighted by molar-refractivity contribution is -0.0903. The number of nitrogens with zero attached hydrogens (tertiary/aromatic N) is 4. The Labute approximate surface area is 158 Å². The number of aliphatic hydroxyl groups is 3. The maximum absolute atomic E-state index is 10.6. The molecular weight excluding hydrogens is 376 g/mol. The second-order valence-corrected chi connectivity index (χ2v) is 6.79. The van der Waals surface area contributed by atoms with Gasteiger partial charge in [-0.2, -0.15) is 5.10 Å². The molecule has 2 aliphatic heterocycles. The SMILES string of the molecule is O/N=C1/N=CCc2c1cnn2[C@@H]1O[C@H]([C@H](O)c2ccc(Cl)cc2)[C@@H](O)[C@H]1O. The summed E-state index contributed by atoms with van der Waals surface area (Å²) in [5.41, 5.74) is 1.63. The van der Waals surface area contributed by atoms with Gasteiger partial charge in [-0.3, -0.25) is 0 Å². The molecule has 1 aromatic carbocycles. The molecule has 0 radical (unpaired) electrons. The number of aliphatic hydroxyl groups excluding tert-OH is 3. The van der Waals surface area contributed by atoms with E-state index < -0.39 is 30.6 Å². The van der Waals surface area contributed by atoms with Crippen LogP contribution in [-0.4, -0.2) is 60.7 Å². The molecule has 4 rings (SSSR count). The van der Waals surface area contributed by atoms with E-state index in [9.17, 15) is 15.3 Å². The molecule has 0 spiro atoms. The highest BCUT2D eigenvalue weighted by Crippen LogP contribution is 2.37. The molecule has 0 amide bonds. The molecular formula is C17H17ClN4O5. The molecule has 10 heteroatoms. The van der Waals surface area contributed by atoms with Crippen LogP contribution in [0.5, 0.6) is 0 Å². The molecule has 1 saturated heterocycles. The van der Waals surface area contributed by atoms with Crippen molar-refractivity contribution in [3.05, 3.63) is 52.3 Å². The molecule has 2 aliphatic rings. The first-order chi connectivity index (χ1) is 13.0. The zero-order valence-corrected chi connectivity index (χ0v) is 14.7. The number of oxime groups is 1. The predicted molar refractivity (Wildman–Crippen MR) is 95.1 cm³/mol.